The number of ether oxygens (including phenoxy) is 1. The van der Waals surface area contributed by atoms with Gasteiger partial charge in [0.05, 0.1) is 0 Å². The van der Waals surface area contributed by atoms with Crippen molar-refractivity contribution in [2.45, 2.75) is 12.5 Å². The van der Waals surface area contributed by atoms with Gasteiger partial charge in [0.2, 0.25) is 0 Å². The van der Waals surface area contributed by atoms with Crippen molar-refractivity contribution < 1.29 is 4.74 Å². The highest BCUT2D eigenvalue weighted by molar-refractivity contribution is 5.83. The summed E-state index contributed by atoms with van der Waals surface area (Å²) in [6.07, 6.45) is 1.03. The molecule has 0 aromatic heterocycles. The minimum atomic E-state index is 0.0692. The topological polar surface area (TPSA) is 12.5 Å². The average molecular weight is 305 g/mol. The molecule has 23 heavy (non-hydrogen) atoms. The molecule has 0 spiro atoms. The minimum absolute atomic E-state index is 0.0692. The summed E-state index contributed by atoms with van der Waals surface area (Å²) in [5, 5.41) is 2.45. The van der Waals surface area contributed by atoms with Gasteiger partial charge in [-0.3, -0.25) is 0 Å². The summed E-state index contributed by atoms with van der Waals surface area (Å²) < 4.78 is 6.33. The van der Waals surface area contributed by atoms with E-state index < -0.39 is 0 Å². The minimum Gasteiger partial charge on any atom is -0.486 e. The number of hydrogen-bond acceptors (Lipinski definition) is 2. The van der Waals surface area contributed by atoms with Crippen molar-refractivity contribution in [3.05, 3.63) is 78.4 Å². The van der Waals surface area contributed by atoms with Crippen molar-refractivity contribution in [3.8, 4) is 5.75 Å². The summed E-state index contributed by atoms with van der Waals surface area (Å²) >= 11 is 0. The second kappa shape index (κ2) is 7.30. The van der Waals surface area contributed by atoms with E-state index in [1.807, 2.05) is 6.07 Å². The fourth-order valence-electron chi connectivity index (χ4n) is 2.74. The average Bonchev–Trinajstić information content (AvgIpc) is 2.59. The highest BCUT2D eigenvalue weighted by atomic mass is 16.5. The number of hydrogen-bond donors (Lipinski definition) is 0. The summed E-state index contributed by atoms with van der Waals surface area (Å²) in [5.74, 6) is 0.927. The van der Waals surface area contributed by atoms with Gasteiger partial charge in [-0.15, -0.1) is 0 Å². The first kappa shape index (κ1) is 15.6. The smallest absolute Gasteiger partial charge is 0.125 e. The van der Waals surface area contributed by atoms with Crippen molar-refractivity contribution in [2.24, 2.45) is 0 Å². The predicted molar refractivity (Wildman–Crippen MR) is 96.9 cm³/mol. The molecule has 0 N–H and O–H groups in total. The maximum Gasteiger partial charge on any atom is 0.125 e. The zero-order valence-electron chi connectivity index (χ0n) is 13.8. The third-order valence-electron chi connectivity index (χ3n) is 4.01. The molecule has 0 radical (unpaired) electrons. The van der Waals surface area contributed by atoms with Gasteiger partial charge in [0.15, 0.2) is 0 Å². The SMILES string of the molecule is CN(C)CCC(Oc1ccc2ccccc2c1)c1ccccc1. The molecule has 0 aliphatic heterocycles. The largest absolute Gasteiger partial charge is 0.486 e. The Morgan fingerprint density at radius 3 is 2.26 bits per heavy atom. The Labute approximate surface area is 138 Å². The first-order valence-corrected chi connectivity index (χ1v) is 8.07. The highest BCUT2D eigenvalue weighted by Gasteiger charge is 2.14. The summed E-state index contributed by atoms with van der Waals surface area (Å²) in [5.41, 5.74) is 1.22. The first-order valence-electron chi connectivity index (χ1n) is 8.07. The summed E-state index contributed by atoms with van der Waals surface area (Å²) in [7, 11) is 4.19. The lowest BCUT2D eigenvalue weighted by Crippen LogP contribution is -2.18. The maximum atomic E-state index is 6.33. The van der Waals surface area contributed by atoms with Gasteiger partial charge in [-0.05, 0) is 42.6 Å². The van der Waals surface area contributed by atoms with E-state index in [2.05, 4.69) is 85.7 Å². The molecule has 118 valence electrons. The van der Waals surface area contributed by atoms with E-state index in [-0.39, 0.29) is 6.10 Å². The van der Waals surface area contributed by atoms with Crippen LogP contribution in [0.4, 0.5) is 0 Å². The highest BCUT2D eigenvalue weighted by Crippen LogP contribution is 2.27. The van der Waals surface area contributed by atoms with Gasteiger partial charge < -0.3 is 9.64 Å². The number of rotatable bonds is 6. The fraction of sp³-hybridized carbons (Fsp3) is 0.238. The molecule has 3 rings (SSSR count). The normalized spacial score (nSPS) is 12.5. The van der Waals surface area contributed by atoms with Gasteiger partial charge in [-0.25, -0.2) is 0 Å². The zero-order valence-corrected chi connectivity index (χ0v) is 13.8. The van der Waals surface area contributed by atoms with Crippen LogP contribution in [-0.2, 0) is 0 Å². The third kappa shape index (κ3) is 4.11. The first-order chi connectivity index (χ1) is 11.2. The second-order valence-corrected chi connectivity index (χ2v) is 6.12. The Kier molecular flexibility index (Phi) is 4.94. The number of fused-ring (bicyclic) bond motifs is 1. The molecule has 1 atom stereocenters. The molecule has 0 bridgehead atoms. The van der Waals surface area contributed by atoms with Gasteiger partial charge in [0.1, 0.15) is 11.9 Å². The Bertz CT molecular complexity index is 752. The predicted octanol–water partition coefficient (Wildman–Crippen LogP) is 4.91. The fourth-order valence-corrected chi connectivity index (χ4v) is 2.74. The molecular weight excluding hydrogens is 282 g/mol. The van der Waals surface area contributed by atoms with Crippen LogP contribution >= 0.6 is 0 Å². The molecule has 2 nitrogen and oxygen atoms in total. The van der Waals surface area contributed by atoms with Gasteiger partial charge in [0, 0.05) is 13.0 Å². The van der Waals surface area contributed by atoms with Gasteiger partial charge in [0.25, 0.3) is 0 Å². The molecule has 0 saturated carbocycles. The second-order valence-electron chi connectivity index (χ2n) is 6.12. The van der Waals surface area contributed by atoms with Crippen molar-refractivity contribution in [1.82, 2.24) is 4.90 Å². The zero-order chi connectivity index (χ0) is 16.1. The lowest BCUT2D eigenvalue weighted by atomic mass is 10.1. The van der Waals surface area contributed by atoms with Crippen molar-refractivity contribution in [2.75, 3.05) is 20.6 Å². The lowest BCUT2D eigenvalue weighted by molar-refractivity contribution is 0.180. The van der Waals surface area contributed by atoms with Gasteiger partial charge in [-0.1, -0.05) is 60.7 Å². The molecule has 0 aliphatic carbocycles. The number of benzene rings is 3. The molecule has 1 unspecified atom stereocenters. The van der Waals surface area contributed by atoms with Gasteiger partial charge in [-0.2, -0.15) is 0 Å². The summed E-state index contributed by atoms with van der Waals surface area (Å²) in [6, 6.07) is 25.2. The van der Waals surface area contributed by atoms with Crippen LogP contribution in [0.3, 0.4) is 0 Å². The van der Waals surface area contributed by atoms with Crippen molar-refractivity contribution in [1.29, 1.82) is 0 Å². The van der Waals surface area contributed by atoms with E-state index in [1.165, 1.54) is 16.3 Å². The van der Waals surface area contributed by atoms with Crippen LogP contribution in [0.2, 0.25) is 0 Å². The molecule has 0 saturated heterocycles. The van der Waals surface area contributed by atoms with E-state index in [9.17, 15) is 0 Å². The maximum absolute atomic E-state index is 6.33. The van der Waals surface area contributed by atoms with Crippen LogP contribution in [0.5, 0.6) is 5.75 Å². The molecule has 2 heteroatoms. The summed E-state index contributed by atoms with van der Waals surface area (Å²) in [4.78, 5) is 2.19. The Morgan fingerprint density at radius 1 is 0.826 bits per heavy atom. The van der Waals surface area contributed by atoms with Crippen LogP contribution in [0.1, 0.15) is 18.1 Å². The van der Waals surface area contributed by atoms with E-state index in [1.54, 1.807) is 0 Å². The molecule has 0 aliphatic rings. The molecule has 0 fully saturated rings. The third-order valence-corrected chi connectivity index (χ3v) is 4.01. The molecule has 0 heterocycles. The van der Waals surface area contributed by atoms with Crippen molar-refractivity contribution >= 4 is 10.8 Å². The van der Waals surface area contributed by atoms with E-state index in [4.69, 9.17) is 4.74 Å². The van der Waals surface area contributed by atoms with Crippen LogP contribution in [0.15, 0.2) is 72.8 Å². The van der Waals surface area contributed by atoms with E-state index >= 15 is 0 Å². The number of nitrogens with zero attached hydrogens (tertiary/aromatic N) is 1. The van der Waals surface area contributed by atoms with E-state index in [0.29, 0.717) is 0 Å². The molecule has 3 aromatic carbocycles. The van der Waals surface area contributed by atoms with E-state index in [0.717, 1.165) is 18.7 Å². The Morgan fingerprint density at radius 2 is 1.52 bits per heavy atom. The summed E-state index contributed by atoms with van der Waals surface area (Å²) in [6.45, 7) is 0.993. The van der Waals surface area contributed by atoms with Crippen LogP contribution < -0.4 is 4.74 Å². The molecular formula is C21H23NO. The van der Waals surface area contributed by atoms with Crippen molar-refractivity contribution in [3.63, 3.8) is 0 Å². The van der Waals surface area contributed by atoms with Crippen LogP contribution in [0, 0.1) is 0 Å². The lowest BCUT2D eigenvalue weighted by Gasteiger charge is -2.21. The quantitative estimate of drug-likeness (QED) is 0.641. The van der Waals surface area contributed by atoms with Gasteiger partial charge >= 0.3 is 0 Å². The molecule has 3 aromatic rings. The Balaban J connectivity index is 1.84. The molecule has 0 amide bonds. The monoisotopic (exact) mass is 305 g/mol. The van der Waals surface area contributed by atoms with Crippen LogP contribution in [-0.4, -0.2) is 25.5 Å². The standard InChI is InChI=1S/C21H23NO/c1-22(2)15-14-21(18-9-4-3-5-10-18)23-20-13-12-17-8-6-7-11-19(17)16-20/h3-13,16,21H,14-15H2,1-2H3. The van der Waals surface area contributed by atoms with Crippen LogP contribution in [0.25, 0.3) is 10.8 Å². The Hall–Kier alpha value is -2.32.